The average Bonchev–Trinajstić information content (AvgIpc) is 2.01. The molecular formula is C10H19N. The van der Waals surface area contributed by atoms with Gasteiger partial charge in [0.1, 0.15) is 0 Å². The molecular weight excluding hydrogens is 134 g/mol. The summed E-state index contributed by atoms with van der Waals surface area (Å²) in [6.45, 7) is 6.53. The lowest BCUT2D eigenvalue weighted by Gasteiger charge is -2.19. The number of rotatable bonds is 5. The first-order chi connectivity index (χ1) is 5.24. The molecule has 1 heteroatoms. The first-order valence-corrected chi connectivity index (χ1v) is 4.44. The van der Waals surface area contributed by atoms with Crippen molar-refractivity contribution in [3.8, 4) is 12.3 Å². The standard InChI is InChI=1S/C10H19N/c1-5-8-9(4)11-10(6-2)7-3/h1,9-11H,6-8H2,2-4H3. The molecule has 1 atom stereocenters. The summed E-state index contributed by atoms with van der Waals surface area (Å²) in [5.41, 5.74) is 0. The van der Waals surface area contributed by atoms with Crippen LogP contribution in [0.4, 0.5) is 0 Å². The van der Waals surface area contributed by atoms with Crippen molar-refractivity contribution in [3.63, 3.8) is 0 Å². The molecule has 11 heavy (non-hydrogen) atoms. The van der Waals surface area contributed by atoms with Crippen molar-refractivity contribution in [1.29, 1.82) is 0 Å². The lowest BCUT2D eigenvalue weighted by molar-refractivity contribution is 0.428. The van der Waals surface area contributed by atoms with Gasteiger partial charge in [-0.1, -0.05) is 13.8 Å². The van der Waals surface area contributed by atoms with Gasteiger partial charge < -0.3 is 5.32 Å². The summed E-state index contributed by atoms with van der Waals surface area (Å²) in [4.78, 5) is 0. The van der Waals surface area contributed by atoms with Crippen molar-refractivity contribution >= 4 is 0 Å². The topological polar surface area (TPSA) is 12.0 Å². The highest BCUT2D eigenvalue weighted by atomic mass is 14.9. The maximum atomic E-state index is 5.20. The van der Waals surface area contributed by atoms with Gasteiger partial charge in [0.25, 0.3) is 0 Å². The van der Waals surface area contributed by atoms with Crippen molar-refractivity contribution in [1.82, 2.24) is 5.32 Å². The van der Waals surface area contributed by atoms with Gasteiger partial charge in [-0.05, 0) is 19.8 Å². The molecule has 0 aromatic heterocycles. The second-order valence-electron chi connectivity index (χ2n) is 2.99. The Morgan fingerprint density at radius 3 is 2.27 bits per heavy atom. The second-order valence-corrected chi connectivity index (χ2v) is 2.99. The first kappa shape index (κ1) is 10.5. The Balaban J connectivity index is 3.55. The van der Waals surface area contributed by atoms with E-state index in [0.29, 0.717) is 12.1 Å². The smallest absolute Gasteiger partial charge is 0.0238 e. The van der Waals surface area contributed by atoms with Gasteiger partial charge in [-0.25, -0.2) is 0 Å². The molecule has 0 heterocycles. The van der Waals surface area contributed by atoms with E-state index in [4.69, 9.17) is 6.42 Å². The van der Waals surface area contributed by atoms with Gasteiger partial charge in [0.05, 0.1) is 0 Å². The zero-order chi connectivity index (χ0) is 8.69. The number of terminal acetylenes is 1. The summed E-state index contributed by atoms with van der Waals surface area (Å²) in [7, 11) is 0. The van der Waals surface area contributed by atoms with Gasteiger partial charge >= 0.3 is 0 Å². The zero-order valence-electron chi connectivity index (χ0n) is 7.85. The van der Waals surface area contributed by atoms with Crippen LogP contribution >= 0.6 is 0 Å². The quantitative estimate of drug-likeness (QED) is 0.597. The van der Waals surface area contributed by atoms with Crippen molar-refractivity contribution in [2.45, 2.75) is 52.1 Å². The molecule has 0 bridgehead atoms. The van der Waals surface area contributed by atoms with E-state index in [1.807, 2.05) is 0 Å². The summed E-state index contributed by atoms with van der Waals surface area (Å²) >= 11 is 0. The van der Waals surface area contributed by atoms with Crippen LogP contribution in [0.3, 0.4) is 0 Å². The van der Waals surface area contributed by atoms with E-state index >= 15 is 0 Å². The third-order valence-electron chi connectivity index (χ3n) is 1.93. The Morgan fingerprint density at radius 2 is 1.91 bits per heavy atom. The Bertz CT molecular complexity index is 119. The molecule has 0 rings (SSSR count). The van der Waals surface area contributed by atoms with Crippen LogP contribution in [0.25, 0.3) is 0 Å². The zero-order valence-corrected chi connectivity index (χ0v) is 7.85. The number of nitrogens with one attached hydrogen (secondary N) is 1. The van der Waals surface area contributed by atoms with Crippen LogP contribution < -0.4 is 5.32 Å². The highest BCUT2D eigenvalue weighted by Crippen LogP contribution is 1.99. The summed E-state index contributed by atoms with van der Waals surface area (Å²) in [6.07, 6.45) is 8.40. The van der Waals surface area contributed by atoms with Gasteiger partial charge in [-0.15, -0.1) is 12.3 Å². The number of hydrogen-bond acceptors (Lipinski definition) is 1. The molecule has 0 saturated heterocycles. The summed E-state index contributed by atoms with van der Waals surface area (Å²) in [5, 5.41) is 3.47. The fourth-order valence-corrected chi connectivity index (χ4v) is 1.16. The van der Waals surface area contributed by atoms with Crippen LogP contribution in [-0.2, 0) is 0 Å². The molecule has 1 N–H and O–H groups in total. The normalized spacial score (nSPS) is 13.0. The van der Waals surface area contributed by atoms with E-state index in [1.54, 1.807) is 0 Å². The molecule has 0 aliphatic heterocycles. The van der Waals surface area contributed by atoms with E-state index in [2.05, 4.69) is 32.0 Å². The summed E-state index contributed by atoms with van der Waals surface area (Å²) in [6, 6.07) is 1.10. The van der Waals surface area contributed by atoms with Gasteiger partial charge in [-0.3, -0.25) is 0 Å². The fourth-order valence-electron chi connectivity index (χ4n) is 1.16. The van der Waals surface area contributed by atoms with E-state index < -0.39 is 0 Å². The molecule has 64 valence electrons. The minimum absolute atomic E-state index is 0.463. The number of hydrogen-bond donors (Lipinski definition) is 1. The Morgan fingerprint density at radius 1 is 1.36 bits per heavy atom. The van der Waals surface area contributed by atoms with Gasteiger partial charge in [0.2, 0.25) is 0 Å². The van der Waals surface area contributed by atoms with E-state index in [0.717, 1.165) is 6.42 Å². The van der Waals surface area contributed by atoms with Crippen molar-refractivity contribution in [2.24, 2.45) is 0 Å². The SMILES string of the molecule is C#CCC(C)NC(CC)CC. The Hall–Kier alpha value is -0.480. The third kappa shape index (κ3) is 4.86. The predicted molar refractivity (Wildman–Crippen MR) is 50.4 cm³/mol. The average molecular weight is 153 g/mol. The second kappa shape index (κ2) is 6.24. The predicted octanol–water partition coefficient (Wildman–Crippen LogP) is 2.18. The molecule has 0 aromatic rings. The van der Waals surface area contributed by atoms with Crippen molar-refractivity contribution in [3.05, 3.63) is 0 Å². The molecule has 0 aliphatic carbocycles. The summed E-state index contributed by atoms with van der Waals surface area (Å²) < 4.78 is 0. The molecule has 0 spiro atoms. The minimum Gasteiger partial charge on any atom is -0.311 e. The maximum Gasteiger partial charge on any atom is 0.0238 e. The Labute approximate surface area is 70.6 Å². The largest absolute Gasteiger partial charge is 0.311 e. The summed E-state index contributed by atoms with van der Waals surface area (Å²) in [5.74, 6) is 2.66. The molecule has 0 aromatic carbocycles. The highest BCUT2D eigenvalue weighted by Gasteiger charge is 2.05. The highest BCUT2D eigenvalue weighted by molar-refractivity contribution is 4.88. The maximum absolute atomic E-state index is 5.20. The molecule has 0 aliphatic rings. The van der Waals surface area contributed by atoms with Gasteiger partial charge in [0.15, 0.2) is 0 Å². The molecule has 0 fully saturated rings. The van der Waals surface area contributed by atoms with Crippen LogP contribution in [0.5, 0.6) is 0 Å². The van der Waals surface area contributed by atoms with Crippen molar-refractivity contribution in [2.75, 3.05) is 0 Å². The van der Waals surface area contributed by atoms with E-state index in [1.165, 1.54) is 12.8 Å². The monoisotopic (exact) mass is 153 g/mol. The first-order valence-electron chi connectivity index (χ1n) is 4.44. The van der Waals surface area contributed by atoms with Crippen molar-refractivity contribution < 1.29 is 0 Å². The lowest BCUT2D eigenvalue weighted by Crippen LogP contribution is -2.35. The minimum atomic E-state index is 0.463. The van der Waals surface area contributed by atoms with E-state index in [-0.39, 0.29) is 0 Å². The fraction of sp³-hybridized carbons (Fsp3) is 0.800. The van der Waals surface area contributed by atoms with Crippen LogP contribution in [0.15, 0.2) is 0 Å². The molecule has 0 saturated carbocycles. The molecule has 1 nitrogen and oxygen atoms in total. The van der Waals surface area contributed by atoms with Crippen LogP contribution in [-0.4, -0.2) is 12.1 Å². The van der Waals surface area contributed by atoms with Crippen LogP contribution in [0.2, 0.25) is 0 Å². The van der Waals surface area contributed by atoms with Gasteiger partial charge in [-0.2, -0.15) is 0 Å². The molecule has 1 unspecified atom stereocenters. The molecule has 0 radical (unpaired) electrons. The third-order valence-corrected chi connectivity index (χ3v) is 1.93. The lowest BCUT2D eigenvalue weighted by atomic mass is 10.1. The van der Waals surface area contributed by atoms with Crippen LogP contribution in [0, 0.1) is 12.3 Å². The Kier molecular flexibility index (Phi) is 5.97. The van der Waals surface area contributed by atoms with E-state index in [9.17, 15) is 0 Å². The molecule has 0 amide bonds. The van der Waals surface area contributed by atoms with Gasteiger partial charge in [0, 0.05) is 18.5 Å². The van der Waals surface area contributed by atoms with Crippen LogP contribution in [0.1, 0.15) is 40.0 Å².